The number of furan rings is 1. The molecule has 3 rings (SSSR count). The standard InChI is InChI=1S/C20H25N3O5S/c1-13(17(25)22-20(12-21)8-4-3-5-9-20)28-19(26)15-11-29-18(23(15)14(2)24)16-7-6-10-27-16/h6-7,10,13,15,18H,3-5,8-9,11H2,1-2H3,(H,22,25)/t13-,15-,18-/m1/s1. The number of hydrogen-bond donors (Lipinski definition) is 1. The Morgan fingerprint density at radius 3 is 2.69 bits per heavy atom. The van der Waals surface area contributed by atoms with Gasteiger partial charge in [0, 0.05) is 12.7 Å². The topological polar surface area (TPSA) is 113 Å². The Hall–Kier alpha value is -2.47. The van der Waals surface area contributed by atoms with Gasteiger partial charge < -0.3 is 19.4 Å². The van der Waals surface area contributed by atoms with Gasteiger partial charge in [0.1, 0.15) is 22.7 Å². The third-order valence-electron chi connectivity index (χ3n) is 5.37. The van der Waals surface area contributed by atoms with Crippen LogP contribution in [-0.2, 0) is 19.1 Å². The highest BCUT2D eigenvalue weighted by Crippen LogP contribution is 2.42. The number of thioether (sulfide) groups is 1. The molecule has 1 saturated heterocycles. The molecule has 29 heavy (non-hydrogen) atoms. The van der Waals surface area contributed by atoms with Crippen LogP contribution in [0.2, 0.25) is 0 Å². The third-order valence-corrected chi connectivity index (χ3v) is 6.65. The van der Waals surface area contributed by atoms with E-state index in [1.54, 1.807) is 12.1 Å². The number of hydrogen-bond acceptors (Lipinski definition) is 7. The third kappa shape index (κ3) is 4.58. The summed E-state index contributed by atoms with van der Waals surface area (Å²) in [5, 5.41) is 11.9. The molecule has 1 aromatic rings. The molecule has 0 spiro atoms. The van der Waals surface area contributed by atoms with Crippen molar-refractivity contribution in [3.8, 4) is 6.07 Å². The van der Waals surface area contributed by atoms with Gasteiger partial charge in [-0.05, 0) is 31.9 Å². The molecule has 2 heterocycles. The summed E-state index contributed by atoms with van der Waals surface area (Å²) in [7, 11) is 0. The van der Waals surface area contributed by atoms with Crippen LogP contribution in [0, 0.1) is 11.3 Å². The highest BCUT2D eigenvalue weighted by molar-refractivity contribution is 7.99. The summed E-state index contributed by atoms with van der Waals surface area (Å²) in [6.07, 6.45) is 4.45. The quantitative estimate of drug-likeness (QED) is 0.730. The highest BCUT2D eigenvalue weighted by atomic mass is 32.2. The van der Waals surface area contributed by atoms with E-state index in [0.717, 1.165) is 19.3 Å². The molecule has 1 aliphatic heterocycles. The van der Waals surface area contributed by atoms with Crippen molar-refractivity contribution < 1.29 is 23.5 Å². The average Bonchev–Trinajstić information content (AvgIpc) is 3.38. The van der Waals surface area contributed by atoms with E-state index in [2.05, 4.69) is 11.4 Å². The maximum atomic E-state index is 12.7. The van der Waals surface area contributed by atoms with E-state index < -0.39 is 34.9 Å². The van der Waals surface area contributed by atoms with Gasteiger partial charge >= 0.3 is 5.97 Å². The average molecular weight is 420 g/mol. The fourth-order valence-corrected chi connectivity index (χ4v) is 5.20. The maximum Gasteiger partial charge on any atom is 0.330 e. The van der Waals surface area contributed by atoms with Gasteiger partial charge in [0.05, 0.1) is 12.3 Å². The van der Waals surface area contributed by atoms with Gasteiger partial charge in [-0.1, -0.05) is 19.3 Å². The lowest BCUT2D eigenvalue weighted by Crippen LogP contribution is -2.53. The van der Waals surface area contributed by atoms with Crippen LogP contribution in [0.5, 0.6) is 0 Å². The lowest BCUT2D eigenvalue weighted by atomic mass is 9.83. The molecule has 1 saturated carbocycles. The number of nitrogens with zero attached hydrogens (tertiary/aromatic N) is 2. The van der Waals surface area contributed by atoms with Crippen molar-refractivity contribution in [1.82, 2.24) is 10.2 Å². The summed E-state index contributed by atoms with van der Waals surface area (Å²) < 4.78 is 10.8. The summed E-state index contributed by atoms with van der Waals surface area (Å²) >= 11 is 1.41. The summed E-state index contributed by atoms with van der Waals surface area (Å²) in [6, 6.07) is 4.89. The van der Waals surface area contributed by atoms with E-state index in [0.29, 0.717) is 24.4 Å². The molecule has 2 aliphatic rings. The van der Waals surface area contributed by atoms with Gasteiger partial charge in [-0.2, -0.15) is 5.26 Å². The van der Waals surface area contributed by atoms with Gasteiger partial charge in [-0.25, -0.2) is 4.79 Å². The van der Waals surface area contributed by atoms with Crippen LogP contribution in [0.15, 0.2) is 22.8 Å². The van der Waals surface area contributed by atoms with E-state index in [4.69, 9.17) is 9.15 Å². The first-order valence-corrected chi connectivity index (χ1v) is 10.8. The number of nitriles is 1. The molecule has 1 aromatic heterocycles. The van der Waals surface area contributed by atoms with E-state index >= 15 is 0 Å². The molecule has 3 atom stereocenters. The molecule has 9 heteroatoms. The fraction of sp³-hybridized carbons (Fsp3) is 0.600. The number of amides is 2. The number of rotatable bonds is 5. The van der Waals surface area contributed by atoms with Crippen LogP contribution in [0.25, 0.3) is 0 Å². The normalized spacial score (nSPS) is 24.4. The van der Waals surface area contributed by atoms with Crippen molar-refractivity contribution in [1.29, 1.82) is 5.26 Å². The van der Waals surface area contributed by atoms with E-state index in [-0.39, 0.29) is 5.91 Å². The second-order valence-electron chi connectivity index (χ2n) is 7.47. The van der Waals surface area contributed by atoms with Crippen LogP contribution < -0.4 is 5.32 Å². The number of carbonyl (C=O) groups is 3. The van der Waals surface area contributed by atoms with Crippen molar-refractivity contribution in [3.63, 3.8) is 0 Å². The number of esters is 1. The first kappa shape index (κ1) is 21.2. The van der Waals surface area contributed by atoms with Gasteiger partial charge in [0.15, 0.2) is 6.10 Å². The largest absolute Gasteiger partial charge is 0.466 e. The Morgan fingerprint density at radius 2 is 2.10 bits per heavy atom. The minimum atomic E-state index is -1.06. The summed E-state index contributed by atoms with van der Waals surface area (Å²) in [5.41, 5.74) is -0.894. The molecule has 2 amide bonds. The lowest BCUT2D eigenvalue weighted by Gasteiger charge is -2.32. The molecule has 0 bridgehead atoms. The van der Waals surface area contributed by atoms with Gasteiger partial charge in [0.25, 0.3) is 5.91 Å². The van der Waals surface area contributed by atoms with E-state index in [1.165, 1.54) is 36.8 Å². The Labute approximate surface area is 173 Å². The van der Waals surface area contributed by atoms with Crippen LogP contribution in [0.3, 0.4) is 0 Å². The maximum absolute atomic E-state index is 12.7. The Morgan fingerprint density at radius 1 is 1.38 bits per heavy atom. The Balaban J connectivity index is 1.63. The van der Waals surface area contributed by atoms with Gasteiger partial charge in [-0.15, -0.1) is 11.8 Å². The van der Waals surface area contributed by atoms with Crippen LogP contribution in [0.1, 0.15) is 57.1 Å². The molecule has 1 N–H and O–H groups in total. The van der Waals surface area contributed by atoms with Gasteiger partial charge in [-0.3, -0.25) is 9.59 Å². The zero-order valence-electron chi connectivity index (χ0n) is 16.6. The van der Waals surface area contributed by atoms with Crippen molar-refractivity contribution in [3.05, 3.63) is 24.2 Å². The number of ether oxygens (including phenoxy) is 1. The van der Waals surface area contributed by atoms with Gasteiger partial charge in [0.2, 0.25) is 5.91 Å². The molecule has 0 aromatic carbocycles. The zero-order chi connectivity index (χ0) is 21.0. The SMILES string of the molecule is CC(=O)N1[C@@H](C(=O)O[C@H](C)C(=O)NC2(C#N)CCCCC2)CS[C@@H]1c1ccco1. The first-order valence-electron chi connectivity index (χ1n) is 9.74. The highest BCUT2D eigenvalue weighted by Gasteiger charge is 2.44. The molecule has 1 aliphatic carbocycles. The van der Waals surface area contributed by atoms with Crippen molar-refractivity contribution in [2.24, 2.45) is 0 Å². The molecule has 0 radical (unpaired) electrons. The predicted molar refractivity (Wildman–Crippen MR) is 105 cm³/mol. The summed E-state index contributed by atoms with van der Waals surface area (Å²) in [5.74, 6) is -0.482. The van der Waals surface area contributed by atoms with Crippen LogP contribution in [0.4, 0.5) is 0 Å². The fourth-order valence-electron chi connectivity index (χ4n) is 3.79. The van der Waals surface area contributed by atoms with Crippen molar-refractivity contribution in [2.45, 2.75) is 69.0 Å². The summed E-state index contributed by atoms with van der Waals surface area (Å²) in [4.78, 5) is 38.9. The number of nitrogens with one attached hydrogen (secondary N) is 1. The first-order chi connectivity index (χ1) is 13.9. The molecule has 0 unspecified atom stereocenters. The van der Waals surface area contributed by atoms with Crippen molar-refractivity contribution in [2.75, 3.05) is 5.75 Å². The van der Waals surface area contributed by atoms with Crippen LogP contribution >= 0.6 is 11.8 Å². The monoisotopic (exact) mass is 419 g/mol. The summed E-state index contributed by atoms with van der Waals surface area (Å²) in [6.45, 7) is 2.86. The second-order valence-corrected chi connectivity index (χ2v) is 8.58. The van der Waals surface area contributed by atoms with E-state index in [1.807, 2.05) is 0 Å². The zero-order valence-corrected chi connectivity index (χ0v) is 17.4. The molecular formula is C20H25N3O5S. The van der Waals surface area contributed by atoms with E-state index in [9.17, 15) is 19.6 Å². The predicted octanol–water partition coefficient (Wildman–Crippen LogP) is 2.52. The van der Waals surface area contributed by atoms with Crippen LogP contribution in [-0.4, -0.2) is 46.1 Å². The second kappa shape index (κ2) is 8.91. The molecule has 2 fully saturated rings. The lowest BCUT2D eigenvalue weighted by molar-refractivity contribution is -0.162. The molecule has 8 nitrogen and oxygen atoms in total. The minimum absolute atomic E-state index is 0.277. The molecular weight excluding hydrogens is 394 g/mol. The van der Waals surface area contributed by atoms with Crippen molar-refractivity contribution >= 4 is 29.5 Å². The minimum Gasteiger partial charge on any atom is -0.466 e. The number of carbonyl (C=O) groups excluding carboxylic acids is 3. The Kier molecular flexibility index (Phi) is 6.52. The molecule has 156 valence electrons. The smallest absolute Gasteiger partial charge is 0.330 e. The Bertz CT molecular complexity index is 798.